The second kappa shape index (κ2) is 8.21. The second-order valence-corrected chi connectivity index (χ2v) is 5.52. The van der Waals surface area contributed by atoms with Crippen molar-refractivity contribution in [3.63, 3.8) is 0 Å². The largest absolute Gasteiger partial charge is 0.494 e. The third kappa shape index (κ3) is 4.04. The fourth-order valence-electron chi connectivity index (χ4n) is 2.61. The SMILES string of the molecule is CCOc1ccc([N+](=O)[O-])cc1CNCc1cccnc1-n1cccn1. The highest BCUT2D eigenvalue weighted by molar-refractivity contribution is 5.44. The Bertz CT molecular complexity index is 880. The van der Waals surface area contributed by atoms with Crippen molar-refractivity contribution in [3.05, 3.63) is 76.2 Å². The van der Waals surface area contributed by atoms with E-state index in [2.05, 4.69) is 15.4 Å². The molecule has 26 heavy (non-hydrogen) atoms. The van der Waals surface area contributed by atoms with E-state index in [-0.39, 0.29) is 5.69 Å². The molecule has 134 valence electrons. The van der Waals surface area contributed by atoms with Crippen LogP contribution in [0.3, 0.4) is 0 Å². The Morgan fingerprint density at radius 1 is 1.19 bits per heavy atom. The number of nitrogens with one attached hydrogen (secondary N) is 1. The molecule has 0 radical (unpaired) electrons. The lowest BCUT2D eigenvalue weighted by Gasteiger charge is -2.12. The van der Waals surface area contributed by atoms with Crippen LogP contribution in [0.4, 0.5) is 5.69 Å². The predicted octanol–water partition coefficient (Wildman–Crippen LogP) is 2.86. The van der Waals surface area contributed by atoms with Crippen molar-refractivity contribution in [3.8, 4) is 11.6 Å². The number of ether oxygens (including phenoxy) is 1. The van der Waals surface area contributed by atoms with E-state index in [4.69, 9.17) is 4.74 Å². The van der Waals surface area contributed by atoms with Gasteiger partial charge in [0.05, 0.1) is 11.5 Å². The first-order valence-corrected chi connectivity index (χ1v) is 8.23. The van der Waals surface area contributed by atoms with Gasteiger partial charge >= 0.3 is 0 Å². The summed E-state index contributed by atoms with van der Waals surface area (Å²) >= 11 is 0. The molecular formula is C18H19N5O3. The number of nitro groups is 1. The van der Waals surface area contributed by atoms with Gasteiger partial charge in [-0.1, -0.05) is 6.07 Å². The molecule has 8 heteroatoms. The maximum atomic E-state index is 11.0. The van der Waals surface area contributed by atoms with Crippen LogP contribution in [-0.2, 0) is 13.1 Å². The summed E-state index contributed by atoms with van der Waals surface area (Å²) in [5.41, 5.74) is 1.76. The van der Waals surface area contributed by atoms with Crippen LogP contribution in [0.1, 0.15) is 18.1 Å². The molecule has 0 spiro atoms. The topological polar surface area (TPSA) is 95.1 Å². The Morgan fingerprint density at radius 3 is 2.77 bits per heavy atom. The molecule has 1 N–H and O–H groups in total. The molecule has 1 aromatic carbocycles. The number of aromatic nitrogens is 3. The summed E-state index contributed by atoms with van der Waals surface area (Å²) in [4.78, 5) is 15.0. The molecule has 8 nitrogen and oxygen atoms in total. The van der Waals surface area contributed by atoms with Crippen LogP contribution in [0, 0.1) is 10.1 Å². The quantitative estimate of drug-likeness (QED) is 0.494. The van der Waals surface area contributed by atoms with E-state index in [1.54, 1.807) is 23.1 Å². The van der Waals surface area contributed by atoms with Crippen molar-refractivity contribution in [2.75, 3.05) is 6.61 Å². The van der Waals surface area contributed by atoms with Crippen molar-refractivity contribution in [1.29, 1.82) is 0 Å². The lowest BCUT2D eigenvalue weighted by atomic mass is 10.1. The highest BCUT2D eigenvalue weighted by Gasteiger charge is 2.12. The van der Waals surface area contributed by atoms with Crippen molar-refractivity contribution in [2.24, 2.45) is 0 Å². The Labute approximate surface area is 150 Å². The molecule has 0 fully saturated rings. The van der Waals surface area contributed by atoms with Crippen LogP contribution in [0.25, 0.3) is 5.82 Å². The third-order valence-corrected chi connectivity index (χ3v) is 3.77. The minimum absolute atomic E-state index is 0.0452. The molecule has 2 aromatic heterocycles. The first kappa shape index (κ1) is 17.6. The molecule has 2 heterocycles. The van der Waals surface area contributed by atoms with Gasteiger partial charge in [0, 0.05) is 54.9 Å². The fourth-order valence-corrected chi connectivity index (χ4v) is 2.61. The molecule has 0 atom stereocenters. The van der Waals surface area contributed by atoms with Gasteiger partial charge in [0.25, 0.3) is 5.69 Å². The molecule has 0 unspecified atom stereocenters. The minimum atomic E-state index is -0.407. The zero-order valence-electron chi connectivity index (χ0n) is 14.3. The van der Waals surface area contributed by atoms with Crippen LogP contribution < -0.4 is 10.1 Å². The Balaban J connectivity index is 1.74. The van der Waals surface area contributed by atoms with Crippen LogP contribution >= 0.6 is 0 Å². The number of hydrogen-bond acceptors (Lipinski definition) is 6. The van der Waals surface area contributed by atoms with E-state index in [9.17, 15) is 10.1 Å². The van der Waals surface area contributed by atoms with Crippen LogP contribution in [-0.4, -0.2) is 26.3 Å². The molecule has 0 aliphatic carbocycles. The first-order valence-electron chi connectivity index (χ1n) is 8.23. The summed E-state index contributed by atoms with van der Waals surface area (Å²) in [7, 11) is 0. The average Bonchev–Trinajstić information content (AvgIpc) is 3.18. The van der Waals surface area contributed by atoms with Gasteiger partial charge in [-0.05, 0) is 25.1 Å². The molecule has 3 rings (SSSR count). The van der Waals surface area contributed by atoms with Gasteiger partial charge in [0.1, 0.15) is 5.75 Å². The van der Waals surface area contributed by atoms with Gasteiger partial charge in [0.2, 0.25) is 0 Å². The number of pyridine rings is 1. The highest BCUT2D eigenvalue weighted by Crippen LogP contribution is 2.24. The first-order chi connectivity index (χ1) is 12.7. The maximum absolute atomic E-state index is 11.0. The normalized spacial score (nSPS) is 10.7. The number of benzene rings is 1. The van der Waals surface area contributed by atoms with Gasteiger partial charge < -0.3 is 10.1 Å². The van der Waals surface area contributed by atoms with Crippen molar-refractivity contribution in [1.82, 2.24) is 20.1 Å². The highest BCUT2D eigenvalue weighted by atomic mass is 16.6. The van der Waals surface area contributed by atoms with E-state index in [0.717, 1.165) is 16.9 Å². The maximum Gasteiger partial charge on any atom is 0.270 e. The Kier molecular flexibility index (Phi) is 5.55. The van der Waals surface area contributed by atoms with E-state index in [1.807, 2.05) is 31.3 Å². The zero-order chi connectivity index (χ0) is 18.4. The van der Waals surface area contributed by atoms with Gasteiger partial charge in [-0.25, -0.2) is 9.67 Å². The number of non-ortho nitro benzene ring substituents is 1. The van der Waals surface area contributed by atoms with E-state index >= 15 is 0 Å². The number of rotatable bonds is 8. The van der Waals surface area contributed by atoms with E-state index < -0.39 is 4.92 Å². The van der Waals surface area contributed by atoms with Crippen LogP contribution in [0.2, 0.25) is 0 Å². The molecule has 0 saturated carbocycles. The summed E-state index contributed by atoms with van der Waals surface area (Å²) in [6.07, 6.45) is 5.25. The van der Waals surface area contributed by atoms with Crippen molar-refractivity contribution < 1.29 is 9.66 Å². The number of nitro benzene ring substituents is 1. The van der Waals surface area contributed by atoms with Gasteiger partial charge in [0.15, 0.2) is 5.82 Å². The minimum Gasteiger partial charge on any atom is -0.494 e. The zero-order valence-corrected chi connectivity index (χ0v) is 14.3. The van der Waals surface area contributed by atoms with Crippen molar-refractivity contribution >= 4 is 5.69 Å². The average molecular weight is 353 g/mol. The van der Waals surface area contributed by atoms with Gasteiger partial charge in [-0.3, -0.25) is 10.1 Å². The second-order valence-electron chi connectivity index (χ2n) is 5.52. The summed E-state index contributed by atoms with van der Waals surface area (Å²) in [6.45, 7) is 3.35. The number of hydrogen-bond donors (Lipinski definition) is 1. The van der Waals surface area contributed by atoms with Crippen LogP contribution in [0.15, 0.2) is 55.0 Å². The molecular weight excluding hydrogens is 334 g/mol. The summed E-state index contributed by atoms with van der Waals surface area (Å²) in [6, 6.07) is 10.3. The van der Waals surface area contributed by atoms with Crippen LogP contribution in [0.5, 0.6) is 5.75 Å². The summed E-state index contributed by atoms with van der Waals surface area (Å²) < 4.78 is 7.27. The van der Waals surface area contributed by atoms with Gasteiger partial charge in [-0.2, -0.15) is 5.10 Å². The lowest BCUT2D eigenvalue weighted by molar-refractivity contribution is -0.384. The molecule has 0 aliphatic rings. The standard InChI is InChI=1S/C18H19N5O3/c1-2-26-17-7-6-16(23(24)25)11-15(17)13-19-12-14-5-3-8-20-18(14)22-10-4-9-21-22/h3-11,19H,2,12-13H2,1H3. The molecule has 0 aliphatic heterocycles. The lowest BCUT2D eigenvalue weighted by Crippen LogP contribution is -2.16. The number of nitrogens with zero attached hydrogens (tertiary/aromatic N) is 4. The summed E-state index contributed by atoms with van der Waals surface area (Å²) in [5, 5.41) is 18.5. The third-order valence-electron chi connectivity index (χ3n) is 3.77. The molecule has 0 amide bonds. The molecule has 0 saturated heterocycles. The van der Waals surface area contributed by atoms with E-state index in [0.29, 0.717) is 25.4 Å². The fraction of sp³-hybridized carbons (Fsp3) is 0.222. The van der Waals surface area contributed by atoms with Crippen molar-refractivity contribution in [2.45, 2.75) is 20.0 Å². The molecule has 3 aromatic rings. The van der Waals surface area contributed by atoms with Gasteiger partial charge in [-0.15, -0.1) is 0 Å². The predicted molar refractivity (Wildman–Crippen MR) is 96.2 cm³/mol. The van der Waals surface area contributed by atoms with E-state index in [1.165, 1.54) is 12.1 Å². The molecule has 0 bridgehead atoms. The Morgan fingerprint density at radius 2 is 2.04 bits per heavy atom. The monoisotopic (exact) mass is 353 g/mol. The Hall–Kier alpha value is -3.26. The smallest absolute Gasteiger partial charge is 0.270 e. The summed E-state index contributed by atoms with van der Waals surface area (Å²) in [5.74, 6) is 1.39.